The molecule has 2 heterocycles. The van der Waals surface area contributed by atoms with E-state index in [-0.39, 0.29) is 28.8 Å². The molecule has 2 aromatic carbocycles. The molecule has 7 nitrogen and oxygen atoms in total. The molecule has 5 rings (SSSR count). The number of hydrogen-bond donors (Lipinski definition) is 0. The van der Waals surface area contributed by atoms with Gasteiger partial charge in [-0.1, -0.05) is 73.5 Å². The Morgan fingerprint density at radius 1 is 0.946 bits per heavy atom. The summed E-state index contributed by atoms with van der Waals surface area (Å²) in [6.07, 6.45) is 7.60. The van der Waals surface area contributed by atoms with Crippen LogP contribution in [0.4, 0.5) is 0 Å². The molecule has 1 amide bonds. The molecule has 0 bridgehead atoms. The molecule has 196 valence electrons. The second-order valence-electron chi connectivity index (χ2n) is 10.2. The van der Waals surface area contributed by atoms with Crippen LogP contribution < -0.4 is 0 Å². The molecule has 3 aromatic rings. The lowest BCUT2D eigenvalue weighted by atomic mass is 10.1. The van der Waals surface area contributed by atoms with Gasteiger partial charge < -0.3 is 14.2 Å². The molecular weight excluding hydrogens is 486 g/mol. The van der Waals surface area contributed by atoms with Crippen molar-refractivity contribution in [3.8, 4) is 0 Å². The van der Waals surface area contributed by atoms with Crippen LogP contribution in [0.3, 0.4) is 0 Å². The molecule has 0 spiro atoms. The lowest BCUT2D eigenvalue weighted by molar-refractivity contribution is -0.137. The van der Waals surface area contributed by atoms with E-state index in [2.05, 4.69) is 4.98 Å². The first-order chi connectivity index (χ1) is 18.0. The first-order valence-corrected chi connectivity index (χ1v) is 14.9. The number of amides is 1. The molecule has 1 atom stereocenters. The Morgan fingerprint density at radius 2 is 1.62 bits per heavy atom. The van der Waals surface area contributed by atoms with Crippen molar-refractivity contribution in [2.45, 2.75) is 68.6 Å². The maximum Gasteiger partial charge on any atom is 0.228 e. The fraction of sp³-hybridized carbons (Fsp3) is 0.448. The summed E-state index contributed by atoms with van der Waals surface area (Å²) in [5.41, 5.74) is 2.42. The van der Waals surface area contributed by atoms with Crippen molar-refractivity contribution in [2.24, 2.45) is 5.92 Å². The van der Waals surface area contributed by atoms with Crippen molar-refractivity contribution in [1.29, 1.82) is 0 Å². The molecule has 8 heteroatoms. The minimum atomic E-state index is -3.71. The molecule has 1 aromatic heterocycles. The first kappa shape index (κ1) is 25.7. The third-order valence-corrected chi connectivity index (χ3v) is 8.98. The minimum absolute atomic E-state index is 0.0251. The van der Waals surface area contributed by atoms with E-state index in [1.54, 1.807) is 10.8 Å². The van der Waals surface area contributed by atoms with E-state index in [1.165, 1.54) is 0 Å². The van der Waals surface area contributed by atoms with Gasteiger partial charge in [-0.05, 0) is 36.8 Å². The number of nitrogens with zero attached hydrogens (tertiary/aromatic N) is 3. The van der Waals surface area contributed by atoms with Crippen molar-refractivity contribution in [1.82, 2.24) is 14.5 Å². The van der Waals surface area contributed by atoms with Crippen molar-refractivity contribution < 1.29 is 17.9 Å². The van der Waals surface area contributed by atoms with Gasteiger partial charge in [-0.25, -0.2) is 13.4 Å². The van der Waals surface area contributed by atoms with E-state index in [9.17, 15) is 13.2 Å². The van der Waals surface area contributed by atoms with Crippen molar-refractivity contribution >= 4 is 15.7 Å². The molecule has 1 saturated carbocycles. The minimum Gasteiger partial charge on any atom is -0.376 e. The zero-order valence-corrected chi connectivity index (χ0v) is 22.0. The second kappa shape index (κ2) is 11.6. The summed E-state index contributed by atoms with van der Waals surface area (Å²) in [7, 11) is -3.71. The predicted molar refractivity (Wildman–Crippen MR) is 141 cm³/mol. The number of aromatic nitrogens is 2. The molecule has 0 radical (unpaired) electrons. The SMILES string of the molecule is O=C(C1CCCC1)N(Cc1cnc(S(=O)(=O)Cc2ccccc2)n1Cc1ccccc1)CC1CCCO1. The van der Waals surface area contributed by atoms with Gasteiger partial charge in [0, 0.05) is 19.1 Å². The highest BCUT2D eigenvalue weighted by Crippen LogP contribution is 2.29. The Bertz CT molecular complexity index is 1280. The molecule has 1 saturated heterocycles. The van der Waals surface area contributed by atoms with Gasteiger partial charge in [-0.2, -0.15) is 0 Å². The van der Waals surface area contributed by atoms with Gasteiger partial charge in [0.1, 0.15) is 0 Å². The number of ether oxygens (including phenoxy) is 1. The van der Waals surface area contributed by atoms with E-state index < -0.39 is 9.84 Å². The second-order valence-corrected chi connectivity index (χ2v) is 12.1. The molecule has 2 fully saturated rings. The normalized spacial score (nSPS) is 18.3. The highest BCUT2D eigenvalue weighted by Gasteiger charge is 2.32. The molecule has 1 aliphatic heterocycles. The Hall–Kier alpha value is -2.97. The van der Waals surface area contributed by atoms with Crippen LogP contribution in [0.5, 0.6) is 0 Å². The number of carbonyl (C=O) groups is 1. The van der Waals surface area contributed by atoms with Crippen LogP contribution in [0.25, 0.3) is 0 Å². The van der Waals surface area contributed by atoms with Crippen LogP contribution in [-0.4, -0.2) is 48.0 Å². The average molecular weight is 522 g/mol. The molecule has 0 N–H and O–H groups in total. The summed E-state index contributed by atoms with van der Waals surface area (Å²) in [5.74, 6) is 0.0574. The van der Waals surface area contributed by atoms with E-state index in [0.717, 1.165) is 62.0 Å². The van der Waals surface area contributed by atoms with Gasteiger partial charge >= 0.3 is 0 Å². The lowest BCUT2D eigenvalue weighted by Gasteiger charge is -2.28. The summed E-state index contributed by atoms with van der Waals surface area (Å²) in [5, 5.41) is 0.0422. The quantitative estimate of drug-likeness (QED) is 0.389. The van der Waals surface area contributed by atoms with E-state index in [1.807, 2.05) is 65.6 Å². The van der Waals surface area contributed by atoms with E-state index in [4.69, 9.17) is 4.74 Å². The third-order valence-electron chi connectivity index (χ3n) is 7.38. The van der Waals surface area contributed by atoms with Crippen LogP contribution in [0.15, 0.2) is 72.0 Å². The standard InChI is InChI=1S/C29H35N3O4S/c33-28(25-14-7-8-15-25)31(21-27-16-9-17-36-27)20-26-18-30-29(32(26)19-23-10-3-1-4-11-23)37(34,35)22-24-12-5-2-6-13-24/h1-6,10-13,18,25,27H,7-9,14-17,19-22H2. The summed E-state index contributed by atoms with van der Waals surface area (Å²) in [6, 6.07) is 18.9. The van der Waals surface area contributed by atoms with Crippen LogP contribution in [0, 0.1) is 5.92 Å². The molecule has 2 aliphatic rings. The largest absolute Gasteiger partial charge is 0.376 e. The summed E-state index contributed by atoms with van der Waals surface area (Å²) >= 11 is 0. The van der Waals surface area contributed by atoms with Crippen molar-refractivity contribution in [3.05, 3.63) is 83.7 Å². The smallest absolute Gasteiger partial charge is 0.228 e. The Labute approximate surface area is 219 Å². The van der Waals surface area contributed by atoms with Crippen molar-refractivity contribution in [3.63, 3.8) is 0 Å². The lowest BCUT2D eigenvalue weighted by Crippen LogP contribution is -2.40. The summed E-state index contributed by atoms with van der Waals surface area (Å²) < 4.78 is 34.7. The van der Waals surface area contributed by atoms with E-state index >= 15 is 0 Å². The summed E-state index contributed by atoms with van der Waals surface area (Å²) in [4.78, 5) is 19.9. The third kappa shape index (κ3) is 6.30. The Morgan fingerprint density at radius 3 is 2.27 bits per heavy atom. The average Bonchev–Trinajstić information content (AvgIpc) is 3.68. The number of rotatable bonds is 10. The Balaban J connectivity index is 1.47. The molecular formula is C29H35N3O4S. The van der Waals surface area contributed by atoms with Crippen LogP contribution in [-0.2, 0) is 38.2 Å². The number of imidazole rings is 1. The van der Waals surface area contributed by atoms with Gasteiger partial charge in [-0.3, -0.25) is 4.79 Å². The highest BCUT2D eigenvalue weighted by molar-refractivity contribution is 7.90. The predicted octanol–water partition coefficient (Wildman–Crippen LogP) is 4.60. The van der Waals surface area contributed by atoms with Gasteiger partial charge in [-0.15, -0.1) is 0 Å². The maximum absolute atomic E-state index is 13.6. The summed E-state index contributed by atoms with van der Waals surface area (Å²) in [6.45, 7) is 1.93. The fourth-order valence-electron chi connectivity index (χ4n) is 5.45. The zero-order chi connectivity index (χ0) is 25.7. The highest BCUT2D eigenvalue weighted by atomic mass is 32.2. The van der Waals surface area contributed by atoms with Gasteiger partial charge in [0.05, 0.1) is 36.8 Å². The van der Waals surface area contributed by atoms with E-state index in [0.29, 0.717) is 19.6 Å². The van der Waals surface area contributed by atoms with Crippen LogP contribution in [0.1, 0.15) is 55.3 Å². The monoisotopic (exact) mass is 521 g/mol. The molecule has 1 unspecified atom stereocenters. The zero-order valence-electron chi connectivity index (χ0n) is 21.2. The van der Waals surface area contributed by atoms with Crippen molar-refractivity contribution in [2.75, 3.05) is 13.2 Å². The van der Waals surface area contributed by atoms with Gasteiger partial charge in [0.25, 0.3) is 0 Å². The fourth-order valence-corrected chi connectivity index (χ4v) is 6.94. The van der Waals surface area contributed by atoms with Crippen LogP contribution in [0.2, 0.25) is 0 Å². The maximum atomic E-state index is 13.6. The number of carbonyl (C=O) groups excluding carboxylic acids is 1. The number of benzene rings is 2. The number of hydrogen-bond acceptors (Lipinski definition) is 5. The van der Waals surface area contributed by atoms with Crippen LogP contribution >= 0.6 is 0 Å². The molecule has 1 aliphatic carbocycles. The topological polar surface area (TPSA) is 81.5 Å². The van der Waals surface area contributed by atoms with Gasteiger partial charge in [0.15, 0.2) is 0 Å². The number of sulfone groups is 1. The molecule has 37 heavy (non-hydrogen) atoms. The first-order valence-electron chi connectivity index (χ1n) is 13.2. The van der Waals surface area contributed by atoms with Gasteiger partial charge in [0.2, 0.25) is 20.9 Å². The Kier molecular flexibility index (Phi) is 8.05.